The van der Waals surface area contributed by atoms with Crippen LogP contribution in [0.3, 0.4) is 0 Å². The number of hydrogen-bond acceptors (Lipinski definition) is 4. The summed E-state index contributed by atoms with van der Waals surface area (Å²) in [6.45, 7) is 7.11. The van der Waals surface area contributed by atoms with E-state index in [1.54, 1.807) is 6.92 Å². The van der Waals surface area contributed by atoms with Gasteiger partial charge in [-0.25, -0.2) is 0 Å². The Morgan fingerprint density at radius 1 is 1.67 bits per heavy atom. The van der Waals surface area contributed by atoms with Gasteiger partial charge < -0.3 is 15.4 Å². The Bertz CT molecular complexity index is 229. The summed E-state index contributed by atoms with van der Waals surface area (Å²) in [4.78, 5) is 13.7. The molecule has 2 unspecified atom stereocenters. The van der Waals surface area contributed by atoms with E-state index < -0.39 is 5.54 Å². The zero-order chi connectivity index (χ0) is 11.5. The molecule has 0 aromatic rings. The minimum absolute atomic E-state index is 0.324. The third-order valence-corrected chi connectivity index (χ3v) is 3.11. The van der Waals surface area contributed by atoms with Crippen molar-refractivity contribution in [3.63, 3.8) is 0 Å². The van der Waals surface area contributed by atoms with Gasteiger partial charge >= 0.3 is 5.97 Å². The molecule has 0 aromatic carbocycles. The molecule has 0 aromatic heterocycles. The Morgan fingerprint density at radius 2 is 2.33 bits per heavy atom. The van der Waals surface area contributed by atoms with Gasteiger partial charge in [-0.1, -0.05) is 6.92 Å². The molecular formula is C11H22N2O2. The number of likely N-dealkylation sites (tertiary alicyclic amines) is 1. The summed E-state index contributed by atoms with van der Waals surface area (Å²) in [5.41, 5.74) is 5.04. The van der Waals surface area contributed by atoms with Gasteiger partial charge in [0.1, 0.15) is 5.54 Å². The quantitative estimate of drug-likeness (QED) is 0.697. The van der Waals surface area contributed by atoms with E-state index in [0.717, 1.165) is 25.6 Å². The van der Waals surface area contributed by atoms with Crippen molar-refractivity contribution in [1.82, 2.24) is 4.90 Å². The van der Waals surface area contributed by atoms with Gasteiger partial charge in [0.05, 0.1) is 7.11 Å². The highest BCUT2D eigenvalue weighted by Crippen LogP contribution is 2.17. The van der Waals surface area contributed by atoms with Crippen LogP contribution in [0, 0.1) is 5.92 Å². The molecule has 1 aliphatic heterocycles. The number of methoxy groups -OCH3 is 1. The normalized spacial score (nSPS) is 26.3. The van der Waals surface area contributed by atoms with Crippen LogP contribution in [0.5, 0.6) is 0 Å². The van der Waals surface area contributed by atoms with Crippen molar-refractivity contribution in [1.29, 1.82) is 0 Å². The number of hydrogen-bond donors (Lipinski definition) is 1. The number of carbonyl (C=O) groups excluding carboxylic acids is 1. The second kappa shape index (κ2) is 4.94. The number of carbonyl (C=O) groups is 1. The van der Waals surface area contributed by atoms with Crippen molar-refractivity contribution < 1.29 is 9.53 Å². The smallest absolute Gasteiger partial charge is 0.325 e. The molecule has 0 spiro atoms. The predicted molar refractivity (Wildman–Crippen MR) is 59.4 cm³/mol. The molecule has 15 heavy (non-hydrogen) atoms. The van der Waals surface area contributed by atoms with Crippen LogP contribution >= 0.6 is 0 Å². The van der Waals surface area contributed by atoms with Crippen molar-refractivity contribution in [3.8, 4) is 0 Å². The average Bonchev–Trinajstić information content (AvgIpc) is 2.60. The van der Waals surface area contributed by atoms with E-state index in [2.05, 4.69) is 16.6 Å². The van der Waals surface area contributed by atoms with Crippen molar-refractivity contribution in [2.24, 2.45) is 11.7 Å². The van der Waals surface area contributed by atoms with Crippen molar-refractivity contribution in [2.75, 3.05) is 26.7 Å². The van der Waals surface area contributed by atoms with E-state index in [-0.39, 0.29) is 5.97 Å². The van der Waals surface area contributed by atoms with Gasteiger partial charge in [-0.05, 0) is 32.2 Å². The lowest BCUT2D eigenvalue weighted by Gasteiger charge is -2.24. The average molecular weight is 214 g/mol. The first-order valence-electron chi connectivity index (χ1n) is 5.55. The summed E-state index contributed by atoms with van der Waals surface area (Å²) in [6.07, 6.45) is 1.91. The number of esters is 1. The van der Waals surface area contributed by atoms with E-state index in [0.29, 0.717) is 6.42 Å². The van der Waals surface area contributed by atoms with Crippen LogP contribution in [0.2, 0.25) is 0 Å². The third kappa shape index (κ3) is 3.47. The second-order valence-electron chi connectivity index (χ2n) is 4.85. The Morgan fingerprint density at radius 3 is 2.80 bits per heavy atom. The Labute approximate surface area is 91.8 Å². The highest BCUT2D eigenvalue weighted by Gasteiger charge is 2.30. The largest absolute Gasteiger partial charge is 0.468 e. The summed E-state index contributed by atoms with van der Waals surface area (Å²) >= 11 is 0. The first kappa shape index (κ1) is 12.5. The number of nitrogens with two attached hydrogens (primary N) is 1. The van der Waals surface area contributed by atoms with Gasteiger partial charge in [-0.3, -0.25) is 4.79 Å². The van der Waals surface area contributed by atoms with E-state index in [1.807, 2.05) is 0 Å². The van der Waals surface area contributed by atoms with Gasteiger partial charge in [-0.15, -0.1) is 0 Å². The van der Waals surface area contributed by atoms with Crippen molar-refractivity contribution in [2.45, 2.75) is 32.2 Å². The summed E-state index contributed by atoms with van der Waals surface area (Å²) < 4.78 is 4.67. The SMILES string of the molecule is COC(=O)C(C)(N)CCN1CCC(C)C1. The summed E-state index contributed by atoms with van der Waals surface area (Å²) in [5, 5.41) is 0. The second-order valence-corrected chi connectivity index (χ2v) is 4.85. The molecule has 88 valence electrons. The molecule has 1 aliphatic rings. The molecule has 1 fully saturated rings. The van der Waals surface area contributed by atoms with Gasteiger partial charge in [0.15, 0.2) is 0 Å². The van der Waals surface area contributed by atoms with Crippen LogP contribution in [0.15, 0.2) is 0 Å². The van der Waals surface area contributed by atoms with Crippen molar-refractivity contribution in [3.05, 3.63) is 0 Å². The first-order valence-corrected chi connectivity index (χ1v) is 5.55. The fourth-order valence-corrected chi connectivity index (χ4v) is 1.95. The van der Waals surface area contributed by atoms with Crippen LogP contribution in [0.25, 0.3) is 0 Å². The molecule has 0 aliphatic carbocycles. The topological polar surface area (TPSA) is 55.6 Å². The Kier molecular flexibility index (Phi) is 4.11. The van der Waals surface area contributed by atoms with E-state index in [1.165, 1.54) is 13.5 Å². The van der Waals surface area contributed by atoms with Gasteiger partial charge in [0.25, 0.3) is 0 Å². The molecule has 1 heterocycles. The minimum atomic E-state index is -0.847. The number of ether oxygens (including phenoxy) is 1. The van der Waals surface area contributed by atoms with Gasteiger partial charge in [-0.2, -0.15) is 0 Å². The Hall–Kier alpha value is -0.610. The van der Waals surface area contributed by atoms with Crippen LogP contribution in [-0.2, 0) is 9.53 Å². The van der Waals surface area contributed by atoms with Crippen LogP contribution in [0.1, 0.15) is 26.7 Å². The summed E-state index contributed by atoms with van der Waals surface area (Å²) in [5.74, 6) is 0.446. The molecular weight excluding hydrogens is 192 g/mol. The molecule has 0 bridgehead atoms. The monoisotopic (exact) mass is 214 g/mol. The molecule has 4 heteroatoms. The molecule has 0 radical (unpaired) electrons. The third-order valence-electron chi connectivity index (χ3n) is 3.11. The minimum Gasteiger partial charge on any atom is -0.468 e. The standard InChI is InChI=1S/C11H22N2O2/c1-9-4-6-13(8-9)7-5-11(2,12)10(14)15-3/h9H,4-8,12H2,1-3H3. The summed E-state index contributed by atoms with van der Waals surface area (Å²) in [7, 11) is 1.38. The first-order chi connectivity index (χ1) is 6.95. The van der Waals surface area contributed by atoms with Gasteiger partial charge in [0.2, 0.25) is 0 Å². The zero-order valence-corrected chi connectivity index (χ0v) is 9.95. The maximum absolute atomic E-state index is 11.3. The van der Waals surface area contributed by atoms with Crippen molar-refractivity contribution >= 4 is 5.97 Å². The fourth-order valence-electron chi connectivity index (χ4n) is 1.95. The molecule has 0 amide bonds. The van der Waals surface area contributed by atoms with Gasteiger partial charge in [0, 0.05) is 13.1 Å². The molecule has 2 N–H and O–H groups in total. The maximum Gasteiger partial charge on any atom is 0.325 e. The van der Waals surface area contributed by atoms with Crippen LogP contribution < -0.4 is 5.73 Å². The summed E-state index contributed by atoms with van der Waals surface area (Å²) in [6, 6.07) is 0. The lowest BCUT2D eigenvalue weighted by Crippen LogP contribution is -2.47. The number of rotatable bonds is 4. The fraction of sp³-hybridized carbons (Fsp3) is 0.909. The maximum atomic E-state index is 11.3. The van der Waals surface area contributed by atoms with E-state index in [4.69, 9.17) is 5.73 Å². The molecule has 1 rings (SSSR count). The molecule has 4 nitrogen and oxygen atoms in total. The van der Waals surface area contributed by atoms with E-state index in [9.17, 15) is 4.79 Å². The van der Waals surface area contributed by atoms with Crippen LogP contribution in [0.4, 0.5) is 0 Å². The van der Waals surface area contributed by atoms with E-state index >= 15 is 0 Å². The molecule has 0 saturated carbocycles. The lowest BCUT2D eigenvalue weighted by molar-refractivity contribution is -0.146. The molecule has 2 atom stereocenters. The number of nitrogens with zero attached hydrogens (tertiary/aromatic N) is 1. The zero-order valence-electron chi connectivity index (χ0n) is 9.95. The lowest BCUT2D eigenvalue weighted by atomic mass is 9.99. The highest BCUT2D eigenvalue weighted by atomic mass is 16.5. The predicted octanol–water partition coefficient (Wildman–Crippen LogP) is 0.609. The Balaban J connectivity index is 2.32. The van der Waals surface area contributed by atoms with Crippen LogP contribution in [-0.4, -0.2) is 43.2 Å². The highest BCUT2D eigenvalue weighted by molar-refractivity contribution is 5.79. The molecule has 1 saturated heterocycles.